The van der Waals surface area contributed by atoms with Gasteiger partial charge in [0.05, 0.1) is 11.2 Å². The van der Waals surface area contributed by atoms with Crippen LogP contribution in [0.5, 0.6) is 0 Å². The van der Waals surface area contributed by atoms with E-state index in [1.165, 1.54) is 21.1 Å². The third-order valence-electron chi connectivity index (χ3n) is 6.90. The van der Waals surface area contributed by atoms with Gasteiger partial charge in [-0.3, -0.25) is 0 Å². The van der Waals surface area contributed by atoms with Crippen LogP contribution < -0.4 is 10.4 Å². The van der Waals surface area contributed by atoms with Crippen molar-refractivity contribution in [3.8, 4) is 0 Å². The molecule has 3 aromatic carbocycles. The molecule has 1 aliphatic heterocycles. The van der Waals surface area contributed by atoms with Crippen molar-refractivity contribution in [1.29, 1.82) is 0 Å². The highest BCUT2D eigenvalue weighted by molar-refractivity contribution is 7.14. The van der Waals surface area contributed by atoms with Gasteiger partial charge in [0, 0.05) is 0 Å². The number of hydrogen-bond acceptors (Lipinski definition) is 2. The highest BCUT2D eigenvalue weighted by atomic mass is 28.3. The predicted molar refractivity (Wildman–Crippen MR) is 134 cm³/mol. The lowest BCUT2D eigenvalue weighted by molar-refractivity contribution is 0.00578. The summed E-state index contributed by atoms with van der Waals surface area (Å²) in [5, 5.41) is 4.05. The van der Waals surface area contributed by atoms with E-state index < -0.39 is 8.07 Å². The van der Waals surface area contributed by atoms with E-state index in [1.54, 1.807) is 0 Å². The van der Waals surface area contributed by atoms with Gasteiger partial charge in [-0.25, -0.2) is 0 Å². The summed E-state index contributed by atoms with van der Waals surface area (Å²) in [6.07, 6.45) is 0. The third kappa shape index (κ3) is 4.08. The molecule has 0 atom stereocenters. The Hall–Kier alpha value is -2.40. The van der Waals surface area contributed by atoms with Crippen molar-refractivity contribution < 1.29 is 9.31 Å². The second-order valence-corrected chi connectivity index (χ2v) is 13.4. The Bertz CT molecular complexity index is 991. The van der Waals surface area contributed by atoms with Crippen LogP contribution in [0.25, 0.3) is 5.20 Å². The lowest BCUT2D eigenvalue weighted by atomic mass is 9.89. The van der Waals surface area contributed by atoms with Gasteiger partial charge in [0.15, 0.2) is 0 Å². The molecule has 4 heteroatoms. The lowest BCUT2D eigenvalue weighted by Crippen LogP contribution is -2.57. The van der Waals surface area contributed by atoms with Crippen molar-refractivity contribution in [2.45, 2.75) is 45.4 Å². The largest absolute Gasteiger partial charge is 0.487 e. The average molecular weight is 426 g/mol. The molecule has 158 valence electrons. The topological polar surface area (TPSA) is 18.5 Å². The zero-order chi connectivity index (χ0) is 22.1. The summed E-state index contributed by atoms with van der Waals surface area (Å²) >= 11 is 0. The van der Waals surface area contributed by atoms with Crippen molar-refractivity contribution in [2.75, 3.05) is 0 Å². The quantitative estimate of drug-likeness (QED) is 0.527. The summed E-state index contributed by atoms with van der Waals surface area (Å²) in [7, 11) is -2.72. The van der Waals surface area contributed by atoms with Crippen LogP contribution in [-0.4, -0.2) is 26.4 Å². The van der Waals surface area contributed by atoms with E-state index >= 15 is 0 Å². The van der Waals surface area contributed by atoms with E-state index in [0.29, 0.717) is 0 Å². The molecule has 0 aliphatic carbocycles. The fraction of sp³-hybridized carbons (Fsp3) is 0.259. The summed E-state index contributed by atoms with van der Waals surface area (Å²) in [6, 6.07) is 32.5. The molecule has 0 unspecified atom stereocenters. The number of benzene rings is 3. The zero-order valence-electron chi connectivity index (χ0n) is 19.1. The first-order valence-corrected chi connectivity index (χ1v) is 13.5. The second-order valence-electron chi connectivity index (χ2n) is 9.43. The van der Waals surface area contributed by atoms with Crippen LogP contribution in [0.2, 0.25) is 6.55 Å². The molecule has 31 heavy (non-hydrogen) atoms. The first kappa shape index (κ1) is 21.8. The lowest BCUT2D eigenvalue weighted by Gasteiger charge is -2.32. The molecular weight excluding hydrogens is 395 g/mol. The van der Waals surface area contributed by atoms with E-state index in [2.05, 4.69) is 131 Å². The summed E-state index contributed by atoms with van der Waals surface area (Å²) in [5.41, 5.74) is 0.486. The predicted octanol–water partition coefficient (Wildman–Crippen LogP) is 5.13. The van der Waals surface area contributed by atoms with Crippen LogP contribution in [0.3, 0.4) is 0 Å². The van der Waals surface area contributed by atoms with Crippen molar-refractivity contribution in [3.05, 3.63) is 103 Å². The van der Waals surface area contributed by atoms with Crippen LogP contribution in [0.15, 0.2) is 97.0 Å². The van der Waals surface area contributed by atoms with E-state index in [4.69, 9.17) is 9.31 Å². The Kier molecular flexibility index (Phi) is 5.82. The van der Waals surface area contributed by atoms with Crippen molar-refractivity contribution in [3.63, 3.8) is 0 Å². The maximum absolute atomic E-state index is 6.41. The molecule has 4 rings (SSSR count). The molecular formula is C27H31BO2Si. The highest BCUT2D eigenvalue weighted by Crippen LogP contribution is 2.38. The fourth-order valence-corrected chi connectivity index (χ4v) is 8.17. The zero-order valence-corrected chi connectivity index (χ0v) is 20.1. The normalized spacial score (nSPS) is 18.2. The standard InChI is InChI=1S/C27H31BO2Si/c1-26(2)27(3,4)30-28(29-26)21-25(22-15-9-6-10-16-22)31(5,23-17-11-7-12-18-23)24-19-13-8-14-20-24/h6-21H,1-5H3/b25-21+. The fourth-order valence-electron chi connectivity index (χ4n) is 4.28. The second kappa shape index (κ2) is 8.27. The Balaban J connectivity index is 1.93. The van der Waals surface area contributed by atoms with Gasteiger partial charge >= 0.3 is 7.12 Å². The van der Waals surface area contributed by atoms with E-state index in [0.717, 1.165) is 0 Å². The van der Waals surface area contributed by atoms with E-state index in [1.807, 2.05) is 0 Å². The maximum Gasteiger partial charge on any atom is 0.487 e. The van der Waals surface area contributed by atoms with Crippen LogP contribution in [-0.2, 0) is 9.31 Å². The number of hydrogen-bond donors (Lipinski definition) is 0. The molecule has 0 spiro atoms. The first-order chi connectivity index (χ1) is 14.7. The molecule has 0 radical (unpaired) electrons. The van der Waals surface area contributed by atoms with Crippen molar-refractivity contribution >= 4 is 30.8 Å². The summed E-state index contributed by atoms with van der Waals surface area (Å²) in [5.74, 6) is 2.23. The summed E-state index contributed by atoms with van der Waals surface area (Å²) in [4.78, 5) is 0. The monoisotopic (exact) mass is 426 g/mol. The molecule has 1 fully saturated rings. The maximum atomic E-state index is 6.41. The van der Waals surface area contributed by atoms with Gasteiger partial charge in [0.2, 0.25) is 0 Å². The minimum absolute atomic E-state index is 0.368. The summed E-state index contributed by atoms with van der Waals surface area (Å²) < 4.78 is 12.8. The SMILES string of the molecule is CC1(C)OB(/C=C(\c2ccccc2)[Si](C)(c2ccccc2)c2ccccc2)OC1(C)C. The minimum atomic E-state index is -2.33. The summed E-state index contributed by atoms with van der Waals surface area (Å²) in [6.45, 7) is 10.9. The average Bonchev–Trinajstić information content (AvgIpc) is 2.99. The van der Waals surface area contributed by atoms with E-state index in [-0.39, 0.29) is 18.3 Å². The van der Waals surface area contributed by atoms with Gasteiger partial charge in [0.1, 0.15) is 8.07 Å². The Morgan fingerprint density at radius 3 is 1.48 bits per heavy atom. The minimum Gasteiger partial charge on any atom is -0.400 e. The molecule has 0 saturated carbocycles. The van der Waals surface area contributed by atoms with Crippen molar-refractivity contribution in [1.82, 2.24) is 0 Å². The molecule has 2 nitrogen and oxygen atoms in total. The van der Waals surface area contributed by atoms with Gasteiger partial charge in [-0.1, -0.05) is 104 Å². The molecule has 1 saturated heterocycles. The highest BCUT2D eigenvalue weighted by Gasteiger charge is 2.51. The van der Waals surface area contributed by atoms with E-state index in [9.17, 15) is 0 Å². The third-order valence-corrected chi connectivity index (χ3v) is 11.4. The first-order valence-electron chi connectivity index (χ1n) is 11.0. The molecule has 1 heterocycles. The van der Waals surface area contributed by atoms with Crippen LogP contribution in [0.1, 0.15) is 33.3 Å². The van der Waals surface area contributed by atoms with Crippen LogP contribution in [0, 0.1) is 0 Å². The molecule has 1 aliphatic rings. The van der Waals surface area contributed by atoms with Gasteiger partial charge in [-0.2, -0.15) is 0 Å². The number of rotatable bonds is 5. The van der Waals surface area contributed by atoms with Crippen molar-refractivity contribution in [2.24, 2.45) is 0 Å². The van der Waals surface area contributed by atoms with Gasteiger partial charge < -0.3 is 9.31 Å². The molecule has 0 amide bonds. The Morgan fingerprint density at radius 1 is 0.677 bits per heavy atom. The molecule has 3 aromatic rings. The Morgan fingerprint density at radius 2 is 1.06 bits per heavy atom. The molecule has 0 aromatic heterocycles. The van der Waals surface area contributed by atoms with Gasteiger partial charge in [-0.15, -0.1) is 0 Å². The van der Waals surface area contributed by atoms with Crippen LogP contribution >= 0.6 is 0 Å². The van der Waals surface area contributed by atoms with Gasteiger partial charge in [-0.05, 0) is 48.8 Å². The smallest absolute Gasteiger partial charge is 0.400 e. The van der Waals surface area contributed by atoms with Crippen LogP contribution in [0.4, 0.5) is 0 Å². The van der Waals surface area contributed by atoms with Gasteiger partial charge in [0.25, 0.3) is 0 Å². The molecule has 0 bridgehead atoms. The Labute approximate surface area is 188 Å². The molecule has 0 N–H and O–H groups in total.